The van der Waals surface area contributed by atoms with Crippen LogP contribution in [-0.4, -0.2) is 15.7 Å². The molecule has 3 rings (SSSR count). The highest BCUT2D eigenvalue weighted by Crippen LogP contribution is 2.43. The minimum absolute atomic E-state index is 0.205. The molecule has 5 heteroatoms. The van der Waals surface area contributed by atoms with Crippen LogP contribution in [0.3, 0.4) is 0 Å². The normalized spacial score (nSPS) is 17.9. The van der Waals surface area contributed by atoms with Crippen LogP contribution in [0.4, 0.5) is 0 Å². The van der Waals surface area contributed by atoms with Gasteiger partial charge in [-0.15, -0.1) is 11.3 Å². The number of rotatable bonds is 2. The lowest BCUT2D eigenvalue weighted by molar-refractivity contribution is 0.131. The Kier molecular flexibility index (Phi) is 3.15. The van der Waals surface area contributed by atoms with Crippen molar-refractivity contribution in [2.24, 2.45) is 0 Å². The van der Waals surface area contributed by atoms with Crippen molar-refractivity contribution in [3.05, 3.63) is 44.3 Å². The number of para-hydroxylation sites is 1. The van der Waals surface area contributed by atoms with Gasteiger partial charge in [0.25, 0.3) is 0 Å². The Balaban J connectivity index is 2.04. The predicted octanol–water partition coefficient (Wildman–Crippen LogP) is 3.70. The van der Waals surface area contributed by atoms with Crippen LogP contribution in [0.25, 0.3) is 0 Å². The molecule has 0 radical (unpaired) electrons. The molecule has 1 atom stereocenters. The minimum atomic E-state index is -0.703. The van der Waals surface area contributed by atoms with Crippen LogP contribution in [-0.2, 0) is 6.42 Å². The van der Waals surface area contributed by atoms with Crippen molar-refractivity contribution in [1.29, 1.82) is 0 Å². The third-order valence-corrected chi connectivity index (χ3v) is 4.99. The number of hydrogen-bond acceptors (Lipinski definition) is 4. The summed E-state index contributed by atoms with van der Waals surface area (Å²) in [5, 5.41) is 10.6. The van der Waals surface area contributed by atoms with E-state index in [0.29, 0.717) is 4.60 Å². The summed E-state index contributed by atoms with van der Waals surface area (Å²) in [4.78, 5) is 4.93. The van der Waals surface area contributed by atoms with Crippen molar-refractivity contribution >= 4 is 27.3 Å². The fourth-order valence-corrected chi connectivity index (χ4v) is 3.83. The molecular weight excluding hydrogens is 326 g/mol. The van der Waals surface area contributed by atoms with Crippen LogP contribution < -0.4 is 4.74 Å². The fourth-order valence-electron chi connectivity index (χ4n) is 2.41. The number of halogens is 1. The van der Waals surface area contributed by atoms with E-state index in [1.165, 1.54) is 11.3 Å². The Labute approximate surface area is 124 Å². The number of benzene rings is 1. The van der Waals surface area contributed by atoms with E-state index in [1.807, 2.05) is 12.1 Å². The van der Waals surface area contributed by atoms with Crippen LogP contribution in [0.1, 0.15) is 36.0 Å². The van der Waals surface area contributed by atoms with Gasteiger partial charge < -0.3 is 9.84 Å². The molecule has 100 valence electrons. The van der Waals surface area contributed by atoms with Gasteiger partial charge >= 0.3 is 0 Å². The molecule has 3 nitrogen and oxygen atoms in total. The van der Waals surface area contributed by atoms with E-state index in [-0.39, 0.29) is 5.60 Å². The second kappa shape index (κ2) is 4.58. The number of thiazole rings is 1. The summed E-state index contributed by atoms with van der Waals surface area (Å²) in [5.74, 6) is 0.820. The summed E-state index contributed by atoms with van der Waals surface area (Å²) in [7, 11) is 0. The lowest BCUT2D eigenvalue weighted by atomic mass is 9.99. The molecule has 1 aromatic heterocycles. The smallest absolute Gasteiger partial charge is 0.129 e. The van der Waals surface area contributed by atoms with Gasteiger partial charge in [-0.1, -0.05) is 18.2 Å². The van der Waals surface area contributed by atoms with Gasteiger partial charge in [0.15, 0.2) is 0 Å². The second-order valence-electron chi connectivity index (χ2n) is 5.28. The zero-order valence-electron chi connectivity index (χ0n) is 10.7. The molecule has 1 aliphatic heterocycles. The number of aliphatic hydroxyl groups is 1. The highest BCUT2D eigenvalue weighted by atomic mass is 79.9. The highest BCUT2D eigenvalue weighted by Gasteiger charge is 2.33. The second-order valence-corrected chi connectivity index (χ2v) is 6.92. The van der Waals surface area contributed by atoms with Crippen molar-refractivity contribution in [3.8, 4) is 5.75 Å². The van der Waals surface area contributed by atoms with Gasteiger partial charge in [-0.2, -0.15) is 0 Å². The summed E-state index contributed by atoms with van der Waals surface area (Å²) < 4.78 is 6.69. The maximum absolute atomic E-state index is 10.6. The average Bonchev–Trinajstić information content (AvgIpc) is 2.88. The molecule has 2 heterocycles. The molecule has 0 saturated carbocycles. The van der Waals surface area contributed by atoms with Crippen LogP contribution >= 0.6 is 27.3 Å². The summed E-state index contributed by atoms with van der Waals surface area (Å²) in [6.45, 7) is 4.12. The number of aliphatic hydroxyl groups excluding tert-OH is 1. The Morgan fingerprint density at radius 2 is 2.26 bits per heavy atom. The van der Waals surface area contributed by atoms with E-state index < -0.39 is 6.10 Å². The lowest BCUT2D eigenvalue weighted by Crippen LogP contribution is -2.25. The molecule has 1 aromatic carbocycles. The summed E-state index contributed by atoms with van der Waals surface area (Å²) in [6.07, 6.45) is 0.165. The lowest BCUT2D eigenvalue weighted by Gasteiger charge is -2.19. The molecule has 1 N–H and O–H groups in total. The van der Waals surface area contributed by atoms with Gasteiger partial charge in [0.05, 0.1) is 10.4 Å². The van der Waals surface area contributed by atoms with Crippen LogP contribution in [0.5, 0.6) is 5.75 Å². The first-order valence-corrected chi connectivity index (χ1v) is 7.73. The molecule has 19 heavy (non-hydrogen) atoms. The van der Waals surface area contributed by atoms with E-state index in [4.69, 9.17) is 4.74 Å². The van der Waals surface area contributed by atoms with Gasteiger partial charge in [0.2, 0.25) is 0 Å². The first-order chi connectivity index (χ1) is 8.98. The Hall–Kier alpha value is -0.910. The third-order valence-electron chi connectivity index (χ3n) is 3.21. The molecular formula is C14H14BrNO2S. The molecule has 0 saturated heterocycles. The van der Waals surface area contributed by atoms with Crippen LogP contribution in [0.15, 0.2) is 28.3 Å². The van der Waals surface area contributed by atoms with E-state index in [1.54, 1.807) is 5.51 Å². The monoisotopic (exact) mass is 339 g/mol. The first kappa shape index (κ1) is 13.1. The van der Waals surface area contributed by atoms with Gasteiger partial charge in [0, 0.05) is 12.0 Å². The van der Waals surface area contributed by atoms with Crippen LogP contribution in [0.2, 0.25) is 0 Å². The summed E-state index contributed by atoms with van der Waals surface area (Å²) in [5.41, 5.74) is 3.48. The maximum Gasteiger partial charge on any atom is 0.129 e. The molecule has 0 fully saturated rings. The van der Waals surface area contributed by atoms with Crippen molar-refractivity contribution < 1.29 is 9.84 Å². The Bertz CT molecular complexity index is 624. The van der Waals surface area contributed by atoms with E-state index in [9.17, 15) is 5.11 Å². The SMILES string of the molecule is CC1(C)Cc2cccc(C(O)c3scnc3Br)c2O1. The third kappa shape index (κ3) is 2.30. The number of hydrogen-bond donors (Lipinski definition) is 1. The predicted molar refractivity (Wildman–Crippen MR) is 78.7 cm³/mol. The van der Waals surface area contributed by atoms with Gasteiger partial charge in [-0.3, -0.25) is 0 Å². The van der Waals surface area contributed by atoms with Crippen LogP contribution in [0, 0.1) is 0 Å². The summed E-state index contributed by atoms with van der Waals surface area (Å²) in [6, 6.07) is 5.94. The number of nitrogens with zero attached hydrogens (tertiary/aromatic N) is 1. The fraction of sp³-hybridized carbons (Fsp3) is 0.357. The molecule has 2 aromatic rings. The maximum atomic E-state index is 10.6. The van der Waals surface area contributed by atoms with Gasteiger partial charge in [-0.25, -0.2) is 4.98 Å². The summed E-state index contributed by atoms with van der Waals surface area (Å²) >= 11 is 4.80. The van der Waals surface area contributed by atoms with Crippen molar-refractivity contribution in [2.45, 2.75) is 32.0 Å². The number of fused-ring (bicyclic) bond motifs is 1. The Morgan fingerprint density at radius 1 is 1.47 bits per heavy atom. The Morgan fingerprint density at radius 3 is 2.95 bits per heavy atom. The molecule has 0 bridgehead atoms. The van der Waals surface area contributed by atoms with Gasteiger partial charge in [0.1, 0.15) is 22.1 Å². The van der Waals surface area contributed by atoms with E-state index in [2.05, 4.69) is 40.8 Å². The molecule has 0 spiro atoms. The van der Waals surface area contributed by atoms with Gasteiger partial charge in [-0.05, 0) is 35.3 Å². The quantitative estimate of drug-likeness (QED) is 0.906. The largest absolute Gasteiger partial charge is 0.487 e. The molecule has 0 amide bonds. The van der Waals surface area contributed by atoms with Crippen molar-refractivity contribution in [3.63, 3.8) is 0 Å². The van der Waals surface area contributed by atoms with E-state index in [0.717, 1.165) is 28.2 Å². The zero-order chi connectivity index (χ0) is 13.6. The zero-order valence-corrected chi connectivity index (χ0v) is 13.1. The topological polar surface area (TPSA) is 42.4 Å². The molecule has 0 aliphatic carbocycles. The highest BCUT2D eigenvalue weighted by molar-refractivity contribution is 9.10. The number of aromatic nitrogens is 1. The van der Waals surface area contributed by atoms with E-state index >= 15 is 0 Å². The van der Waals surface area contributed by atoms with Crippen molar-refractivity contribution in [1.82, 2.24) is 4.98 Å². The minimum Gasteiger partial charge on any atom is -0.487 e. The van der Waals surface area contributed by atoms with Crippen molar-refractivity contribution in [2.75, 3.05) is 0 Å². The molecule has 1 aliphatic rings. The number of ether oxygens (including phenoxy) is 1. The first-order valence-electron chi connectivity index (χ1n) is 6.06. The standard InChI is InChI=1S/C14H14BrNO2S/c1-14(2)6-8-4-3-5-9(11(8)18-14)10(17)12-13(15)16-7-19-12/h3-5,7,10,17H,6H2,1-2H3. The molecule has 1 unspecified atom stereocenters. The average molecular weight is 340 g/mol.